The molecule has 0 bridgehead atoms. The molecule has 122 valence electrons. The second kappa shape index (κ2) is 7.49. The number of rotatable bonds is 5. The quantitative estimate of drug-likeness (QED) is 0.846. The number of hydrogen-bond donors (Lipinski definition) is 1. The van der Waals surface area contributed by atoms with E-state index in [9.17, 15) is 4.79 Å². The minimum Gasteiger partial charge on any atom is -0.353 e. The van der Waals surface area contributed by atoms with Crippen LogP contribution in [-0.4, -0.2) is 32.5 Å². The fourth-order valence-electron chi connectivity index (χ4n) is 3.68. The van der Waals surface area contributed by atoms with E-state index in [2.05, 4.69) is 20.1 Å². The van der Waals surface area contributed by atoms with E-state index >= 15 is 0 Å². The Morgan fingerprint density at radius 3 is 2.55 bits per heavy atom. The number of amides is 1. The lowest BCUT2D eigenvalue weighted by Crippen LogP contribution is -2.33. The third-order valence-electron chi connectivity index (χ3n) is 4.83. The molecule has 1 aromatic rings. The second-order valence-electron chi connectivity index (χ2n) is 6.53. The minimum absolute atomic E-state index is 0.132. The van der Waals surface area contributed by atoms with Crippen LogP contribution in [0.3, 0.4) is 0 Å². The van der Waals surface area contributed by atoms with Crippen LogP contribution >= 0.6 is 11.8 Å². The lowest BCUT2D eigenvalue weighted by atomic mass is 9.95. The molecule has 0 aromatic carbocycles. The highest BCUT2D eigenvalue weighted by atomic mass is 32.2. The van der Waals surface area contributed by atoms with Gasteiger partial charge in [-0.3, -0.25) is 4.79 Å². The summed E-state index contributed by atoms with van der Waals surface area (Å²) in [6.45, 7) is 2.02. The summed E-state index contributed by atoms with van der Waals surface area (Å²) in [7, 11) is 0. The first-order valence-electron chi connectivity index (χ1n) is 8.57. The molecule has 0 spiro atoms. The zero-order chi connectivity index (χ0) is 15.4. The molecule has 2 aliphatic rings. The summed E-state index contributed by atoms with van der Waals surface area (Å²) in [6.07, 6.45) is 11.1. The van der Waals surface area contributed by atoms with Crippen molar-refractivity contribution in [2.45, 2.75) is 82.0 Å². The van der Waals surface area contributed by atoms with E-state index in [1.165, 1.54) is 56.7 Å². The lowest BCUT2D eigenvalue weighted by molar-refractivity contribution is -0.119. The van der Waals surface area contributed by atoms with Crippen LogP contribution in [-0.2, 0) is 4.79 Å². The number of aryl methyl sites for hydroxylation is 1. The summed E-state index contributed by atoms with van der Waals surface area (Å²) in [5.41, 5.74) is 0. The summed E-state index contributed by atoms with van der Waals surface area (Å²) in [5.74, 6) is 1.56. The topological polar surface area (TPSA) is 59.8 Å². The molecular weight excluding hydrogens is 296 g/mol. The first-order valence-corrected chi connectivity index (χ1v) is 9.56. The predicted molar refractivity (Wildman–Crippen MR) is 88.0 cm³/mol. The van der Waals surface area contributed by atoms with Gasteiger partial charge >= 0.3 is 0 Å². The van der Waals surface area contributed by atoms with Crippen molar-refractivity contribution in [1.82, 2.24) is 20.1 Å². The highest BCUT2D eigenvalue weighted by molar-refractivity contribution is 7.99. The van der Waals surface area contributed by atoms with Gasteiger partial charge in [0.25, 0.3) is 0 Å². The van der Waals surface area contributed by atoms with Crippen molar-refractivity contribution < 1.29 is 4.79 Å². The van der Waals surface area contributed by atoms with E-state index < -0.39 is 0 Å². The van der Waals surface area contributed by atoms with Crippen molar-refractivity contribution in [1.29, 1.82) is 0 Å². The average Bonchev–Trinajstić information content (AvgIpc) is 3.16. The molecule has 5 nitrogen and oxygen atoms in total. The highest BCUT2D eigenvalue weighted by Gasteiger charge is 2.22. The molecule has 6 heteroatoms. The van der Waals surface area contributed by atoms with E-state index in [-0.39, 0.29) is 5.91 Å². The Kier molecular flexibility index (Phi) is 5.39. The van der Waals surface area contributed by atoms with E-state index in [1.54, 1.807) is 0 Å². The lowest BCUT2D eigenvalue weighted by Gasteiger charge is -2.25. The van der Waals surface area contributed by atoms with Gasteiger partial charge in [0.15, 0.2) is 5.16 Å². The standard InChI is InChI=1S/C16H26N4OS/c1-12-18-19-16(20(12)14-9-3-2-4-10-14)22-11-15(21)17-13-7-5-6-8-13/h13-14H,2-11H2,1H3,(H,17,21). The van der Waals surface area contributed by atoms with Crippen LogP contribution in [0, 0.1) is 6.92 Å². The number of aromatic nitrogens is 3. The Labute approximate surface area is 136 Å². The average molecular weight is 322 g/mol. The Bertz CT molecular complexity index is 504. The molecule has 2 saturated carbocycles. The molecular formula is C16H26N4OS. The van der Waals surface area contributed by atoms with Crippen molar-refractivity contribution in [2.75, 3.05) is 5.75 Å². The number of carbonyl (C=O) groups is 1. The van der Waals surface area contributed by atoms with Crippen molar-refractivity contribution in [2.24, 2.45) is 0 Å². The van der Waals surface area contributed by atoms with E-state index in [0.29, 0.717) is 17.8 Å². The Morgan fingerprint density at radius 1 is 1.14 bits per heavy atom. The largest absolute Gasteiger partial charge is 0.353 e. The summed E-state index contributed by atoms with van der Waals surface area (Å²) in [4.78, 5) is 12.1. The molecule has 0 unspecified atom stereocenters. The third kappa shape index (κ3) is 3.83. The summed E-state index contributed by atoms with van der Waals surface area (Å²) >= 11 is 1.53. The maximum Gasteiger partial charge on any atom is 0.230 e. The fourth-order valence-corrected chi connectivity index (χ4v) is 4.54. The van der Waals surface area contributed by atoms with Crippen molar-refractivity contribution >= 4 is 17.7 Å². The van der Waals surface area contributed by atoms with Crippen molar-refractivity contribution in [3.63, 3.8) is 0 Å². The number of hydrogen-bond acceptors (Lipinski definition) is 4. The van der Waals surface area contributed by atoms with Crippen LogP contribution in [0.1, 0.15) is 69.7 Å². The van der Waals surface area contributed by atoms with Gasteiger partial charge in [0, 0.05) is 12.1 Å². The summed E-state index contributed by atoms with van der Waals surface area (Å²) in [5, 5.41) is 12.6. The molecule has 2 aliphatic carbocycles. The molecule has 1 aromatic heterocycles. The number of nitrogens with zero attached hydrogens (tertiary/aromatic N) is 3. The Balaban J connectivity index is 1.56. The van der Waals surface area contributed by atoms with Crippen molar-refractivity contribution in [3.05, 3.63) is 5.82 Å². The zero-order valence-corrected chi connectivity index (χ0v) is 14.2. The summed E-state index contributed by atoms with van der Waals surface area (Å²) in [6, 6.07) is 0.912. The predicted octanol–water partition coefficient (Wildman–Crippen LogP) is 3.24. The maximum atomic E-state index is 12.1. The van der Waals surface area contributed by atoms with Crippen LogP contribution in [0.5, 0.6) is 0 Å². The van der Waals surface area contributed by atoms with Gasteiger partial charge in [0.1, 0.15) is 5.82 Å². The Hall–Kier alpha value is -1.04. The zero-order valence-electron chi connectivity index (χ0n) is 13.4. The van der Waals surface area contributed by atoms with Gasteiger partial charge in [0.05, 0.1) is 5.75 Å². The fraction of sp³-hybridized carbons (Fsp3) is 0.812. The monoisotopic (exact) mass is 322 g/mol. The normalized spacial score (nSPS) is 20.4. The third-order valence-corrected chi connectivity index (χ3v) is 5.77. The molecule has 1 heterocycles. The molecule has 3 rings (SSSR count). The molecule has 22 heavy (non-hydrogen) atoms. The SMILES string of the molecule is Cc1nnc(SCC(=O)NC2CCCC2)n1C1CCCCC1. The molecule has 0 atom stereocenters. The first kappa shape index (κ1) is 15.8. The smallest absolute Gasteiger partial charge is 0.230 e. The van der Waals surface area contributed by atoms with Crippen LogP contribution in [0.15, 0.2) is 5.16 Å². The number of carbonyl (C=O) groups excluding carboxylic acids is 1. The van der Waals surface area contributed by atoms with Crippen LogP contribution in [0.25, 0.3) is 0 Å². The van der Waals surface area contributed by atoms with Crippen LogP contribution < -0.4 is 5.32 Å². The van der Waals surface area contributed by atoms with Gasteiger partial charge in [-0.15, -0.1) is 10.2 Å². The van der Waals surface area contributed by atoms with Gasteiger partial charge < -0.3 is 9.88 Å². The number of nitrogens with one attached hydrogen (secondary N) is 1. The Morgan fingerprint density at radius 2 is 1.82 bits per heavy atom. The van der Waals surface area contributed by atoms with Gasteiger partial charge in [-0.2, -0.15) is 0 Å². The van der Waals surface area contributed by atoms with E-state index in [1.807, 2.05) is 6.92 Å². The number of thioether (sulfide) groups is 1. The van der Waals surface area contributed by atoms with Gasteiger partial charge in [-0.05, 0) is 32.6 Å². The maximum absolute atomic E-state index is 12.1. The molecule has 0 aliphatic heterocycles. The van der Waals surface area contributed by atoms with Crippen LogP contribution in [0.2, 0.25) is 0 Å². The van der Waals surface area contributed by atoms with Crippen LogP contribution in [0.4, 0.5) is 0 Å². The van der Waals surface area contributed by atoms with Gasteiger partial charge in [-0.25, -0.2) is 0 Å². The highest BCUT2D eigenvalue weighted by Crippen LogP contribution is 2.32. The molecule has 1 N–H and O–H groups in total. The molecule has 0 radical (unpaired) electrons. The summed E-state index contributed by atoms with van der Waals surface area (Å²) < 4.78 is 2.26. The van der Waals surface area contributed by atoms with E-state index in [4.69, 9.17) is 0 Å². The van der Waals surface area contributed by atoms with Crippen molar-refractivity contribution in [3.8, 4) is 0 Å². The van der Waals surface area contributed by atoms with Gasteiger partial charge in [0.2, 0.25) is 5.91 Å². The second-order valence-corrected chi connectivity index (χ2v) is 7.47. The molecule has 0 saturated heterocycles. The molecule has 1 amide bonds. The first-order chi connectivity index (χ1) is 10.7. The minimum atomic E-state index is 0.132. The van der Waals surface area contributed by atoms with Gasteiger partial charge in [-0.1, -0.05) is 43.9 Å². The van der Waals surface area contributed by atoms with E-state index in [0.717, 1.165) is 23.8 Å². The molecule has 2 fully saturated rings.